The quantitative estimate of drug-likeness (QED) is 0.614. The van der Waals surface area contributed by atoms with Crippen molar-refractivity contribution in [1.82, 2.24) is 4.37 Å². The molecule has 0 amide bonds. The Hall–Kier alpha value is -0.970. The minimum Gasteiger partial charge on any atom is -0.288 e. The van der Waals surface area contributed by atoms with Gasteiger partial charge in [-0.2, -0.15) is 4.37 Å². The van der Waals surface area contributed by atoms with Crippen LogP contribution in [0.2, 0.25) is 5.15 Å². The Morgan fingerprint density at radius 2 is 2.00 bits per heavy atom. The second-order valence-electron chi connectivity index (χ2n) is 3.06. The fourth-order valence-corrected chi connectivity index (χ4v) is 3.72. The van der Waals surface area contributed by atoms with E-state index in [1.54, 1.807) is 0 Å². The van der Waals surface area contributed by atoms with Gasteiger partial charge in [0.05, 0.1) is 4.70 Å². The van der Waals surface area contributed by atoms with Crippen molar-refractivity contribution < 1.29 is 0 Å². The smallest absolute Gasteiger partial charge is 0.207 e. The topological polar surface area (TPSA) is 30.0 Å². The average Bonchev–Trinajstić information content (AvgIpc) is 2.62. The summed E-state index contributed by atoms with van der Waals surface area (Å²) in [5.41, 5.74) is 0.0313. The van der Waals surface area contributed by atoms with Crippen molar-refractivity contribution >= 4 is 54.0 Å². The van der Waals surface area contributed by atoms with Gasteiger partial charge in [-0.05, 0) is 23.7 Å². The van der Waals surface area contributed by atoms with Crippen molar-refractivity contribution in [2.75, 3.05) is 0 Å². The van der Waals surface area contributed by atoms with Crippen LogP contribution in [0, 0.1) is 0 Å². The number of fused-ring (bicyclic) bond motifs is 2. The molecule has 0 spiro atoms. The second kappa shape index (κ2) is 3.27. The van der Waals surface area contributed by atoms with E-state index >= 15 is 0 Å². The summed E-state index contributed by atoms with van der Waals surface area (Å²) in [4.78, 5) is 12.0. The van der Waals surface area contributed by atoms with Crippen molar-refractivity contribution in [1.29, 1.82) is 0 Å². The second-order valence-corrected chi connectivity index (χ2v) is 5.24. The van der Waals surface area contributed by atoms with Gasteiger partial charge >= 0.3 is 0 Å². The summed E-state index contributed by atoms with van der Waals surface area (Å²) in [5, 5.41) is 1.18. The Kier molecular flexibility index (Phi) is 2.02. The molecule has 2 nitrogen and oxygen atoms in total. The molecule has 74 valence electrons. The molecule has 2 heterocycles. The predicted octanol–water partition coefficient (Wildman–Crippen LogP) is 3.52. The molecule has 0 N–H and O–H groups in total. The first-order valence-corrected chi connectivity index (χ1v) is 6.21. The Bertz CT molecular complexity index is 716. The van der Waals surface area contributed by atoms with Crippen LogP contribution in [-0.2, 0) is 0 Å². The van der Waals surface area contributed by atoms with Gasteiger partial charge in [-0.15, -0.1) is 11.3 Å². The molecule has 0 saturated heterocycles. The molecule has 0 saturated carbocycles. The summed E-state index contributed by atoms with van der Waals surface area (Å²) in [6.45, 7) is 0. The van der Waals surface area contributed by atoms with Gasteiger partial charge in [0, 0.05) is 10.1 Å². The van der Waals surface area contributed by atoms with Gasteiger partial charge in [0.2, 0.25) is 5.43 Å². The molecule has 5 heteroatoms. The van der Waals surface area contributed by atoms with Crippen LogP contribution in [0.4, 0.5) is 0 Å². The van der Waals surface area contributed by atoms with Crippen LogP contribution in [-0.4, -0.2) is 4.37 Å². The summed E-state index contributed by atoms with van der Waals surface area (Å²) in [7, 11) is 0. The molecule has 0 fully saturated rings. The number of nitrogens with zero attached hydrogens (tertiary/aromatic N) is 1. The number of halogens is 1. The maximum Gasteiger partial charge on any atom is 0.207 e. The van der Waals surface area contributed by atoms with E-state index in [1.807, 2.05) is 24.3 Å². The van der Waals surface area contributed by atoms with Gasteiger partial charge in [0.25, 0.3) is 0 Å². The molecular formula is C10H4ClNOS2. The summed E-state index contributed by atoms with van der Waals surface area (Å²) in [6.07, 6.45) is 0. The lowest BCUT2D eigenvalue weighted by molar-refractivity contribution is 1.61. The van der Waals surface area contributed by atoms with Gasteiger partial charge in [-0.25, -0.2) is 0 Å². The Morgan fingerprint density at radius 3 is 2.87 bits per heavy atom. The molecule has 0 aliphatic carbocycles. The lowest BCUT2D eigenvalue weighted by atomic mass is 10.2. The first-order chi connectivity index (χ1) is 7.27. The lowest BCUT2D eigenvalue weighted by Crippen LogP contribution is -1.97. The van der Waals surface area contributed by atoms with Crippen LogP contribution >= 0.6 is 34.5 Å². The zero-order valence-corrected chi connectivity index (χ0v) is 9.75. The number of rotatable bonds is 0. The van der Waals surface area contributed by atoms with E-state index in [-0.39, 0.29) is 5.43 Å². The first-order valence-electron chi connectivity index (χ1n) is 4.24. The molecule has 0 unspecified atom stereocenters. The minimum absolute atomic E-state index is 0.0313. The van der Waals surface area contributed by atoms with E-state index in [0.29, 0.717) is 9.85 Å². The lowest BCUT2D eigenvalue weighted by Gasteiger charge is -1.94. The molecule has 2 aromatic heterocycles. The largest absolute Gasteiger partial charge is 0.288 e. The fourth-order valence-electron chi connectivity index (χ4n) is 1.47. The van der Waals surface area contributed by atoms with Crippen molar-refractivity contribution in [3.8, 4) is 0 Å². The Balaban J connectivity index is 2.68. The third kappa shape index (κ3) is 1.29. The number of hydrogen-bond donors (Lipinski definition) is 0. The van der Waals surface area contributed by atoms with Gasteiger partial charge < -0.3 is 0 Å². The van der Waals surface area contributed by atoms with Crippen molar-refractivity contribution in [2.24, 2.45) is 0 Å². The Morgan fingerprint density at radius 1 is 1.20 bits per heavy atom. The normalized spacial score (nSPS) is 11.3. The number of benzene rings is 1. The minimum atomic E-state index is 0.0313. The highest BCUT2D eigenvalue weighted by Gasteiger charge is 2.11. The van der Waals surface area contributed by atoms with E-state index in [2.05, 4.69) is 4.37 Å². The van der Waals surface area contributed by atoms with Crippen molar-refractivity contribution in [3.05, 3.63) is 39.6 Å². The molecule has 1 aromatic carbocycles. The number of aromatic nitrogens is 1. The SMILES string of the molecule is O=c1c2ccccc2sc2c(Cl)nsc12. The van der Waals surface area contributed by atoms with Gasteiger partial charge in [-0.3, -0.25) is 4.79 Å². The molecule has 3 aromatic rings. The van der Waals surface area contributed by atoms with Crippen molar-refractivity contribution in [2.45, 2.75) is 0 Å². The van der Waals surface area contributed by atoms with Gasteiger partial charge in [0.15, 0.2) is 5.15 Å². The zero-order chi connectivity index (χ0) is 10.4. The maximum atomic E-state index is 12.0. The number of hydrogen-bond acceptors (Lipinski definition) is 4. The fraction of sp³-hybridized carbons (Fsp3) is 0. The highest BCUT2D eigenvalue weighted by Crippen LogP contribution is 2.31. The highest BCUT2D eigenvalue weighted by molar-refractivity contribution is 7.29. The summed E-state index contributed by atoms with van der Waals surface area (Å²) >= 11 is 8.60. The van der Waals surface area contributed by atoms with Crippen LogP contribution in [0.5, 0.6) is 0 Å². The van der Waals surface area contributed by atoms with E-state index in [4.69, 9.17) is 11.6 Å². The molecule has 0 atom stereocenters. The molecular weight excluding hydrogens is 250 g/mol. The van der Waals surface area contributed by atoms with Crippen LogP contribution < -0.4 is 5.43 Å². The molecule has 15 heavy (non-hydrogen) atoms. The molecule has 3 rings (SSSR count). The molecule has 0 radical (unpaired) electrons. The van der Waals surface area contributed by atoms with E-state index in [0.717, 1.165) is 14.8 Å². The van der Waals surface area contributed by atoms with E-state index < -0.39 is 0 Å². The van der Waals surface area contributed by atoms with E-state index in [1.165, 1.54) is 22.9 Å². The Labute approximate surface area is 97.9 Å². The maximum absolute atomic E-state index is 12.0. The highest BCUT2D eigenvalue weighted by atomic mass is 35.5. The van der Waals surface area contributed by atoms with Crippen LogP contribution in [0.3, 0.4) is 0 Å². The third-order valence-corrected chi connectivity index (χ3v) is 4.80. The summed E-state index contributed by atoms with van der Waals surface area (Å²) < 4.78 is 6.41. The molecule has 0 bridgehead atoms. The summed E-state index contributed by atoms with van der Waals surface area (Å²) in [5.74, 6) is 0. The predicted molar refractivity (Wildman–Crippen MR) is 66.3 cm³/mol. The van der Waals surface area contributed by atoms with Crippen LogP contribution in [0.25, 0.3) is 19.5 Å². The zero-order valence-electron chi connectivity index (χ0n) is 7.36. The van der Waals surface area contributed by atoms with E-state index in [9.17, 15) is 4.79 Å². The first kappa shape index (κ1) is 9.27. The summed E-state index contributed by atoms with van der Waals surface area (Å²) in [6, 6.07) is 7.54. The van der Waals surface area contributed by atoms with Gasteiger partial charge in [-0.1, -0.05) is 23.7 Å². The molecule has 0 aliphatic heterocycles. The third-order valence-electron chi connectivity index (χ3n) is 2.16. The molecule has 0 aliphatic rings. The average molecular weight is 254 g/mol. The van der Waals surface area contributed by atoms with Crippen LogP contribution in [0.1, 0.15) is 0 Å². The monoisotopic (exact) mass is 253 g/mol. The van der Waals surface area contributed by atoms with Gasteiger partial charge in [0.1, 0.15) is 4.70 Å². The van der Waals surface area contributed by atoms with Crippen molar-refractivity contribution in [3.63, 3.8) is 0 Å². The van der Waals surface area contributed by atoms with Crippen LogP contribution in [0.15, 0.2) is 29.1 Å². The standard InChI is InChI=1S/C10H4ClNOS2/c11-10-9-8(15-12-10)7(13)5-3-1-2-4-6(5)14-9/h1-4H.